The zero-order chi connectivity index (χ0) is 13.6. The quantitative estimate of drug-likeness (QED) is 0.425. The molecule has 98 valence electrons. The van der Waals surface area contributed by atoms with E-state index in [9.17, 15) is 0 Å². The summed E-state index contributed by atoms with van der Waals surface area (Å²) in [5, 5.41) is 0. The highest BCUT2D eigenvalue weighted by atomic mass is 32.2. The van der Waals surface area contributed by atoms with E-state index in [0.717, 1.165) is 0 Å². The Bertz CT molecular complexity index is 647. The molecule has 0 amide bonds. The molecule has 2 aromatic carbocycles. The lowest BCUT2D eigenvalue weighted by Crippen LogP contribution is -1.70. The van der Waals surface area contributed by atoms with Gasteiger partial charge in [-0.2, -0.15) is 0 Å². The summed E-state index contributed by atoms with van der Waals surface area (Å²) in [6.07, 6.45) is 0. The van der Waals surface area contributed by atoms with Gasteiger partial charge in [-0.3, -0.25) is 0 Å². The lowest BCUT2D eigenvalue weighted by molar-refractivity contribution is 1.41. The van der Waals surface area contributed by atoms with Gasteiger partial charge in [0, 0.05) is 19.2 Å². The fourth-order valence-electron chi connectivity index (χ4n) is 1.82. The first-order valence-electron chi connectivity index (χ1n) is 6.46. The number of hydrogen-bond acceptors (Lipinski definition) is 2. The van der Waals surface area contributed by atoms with Crippen molar-refractivity contribution in [2.75, 3.05) is 0 Å². The Hall–Kier alpha value is -1.77. The monoisotopic (exact) mass is 294 g/mol. The number of thiophene rings is 2. The second-order valence-corrected chi connectivity index (χ2v) is 6.60. The molecule has 4 aromatic rings. The molecule has 0 fully saturated rings. The van der Waals surface area contributed by atoms with Crippen LogP contribution >= 0.6 is 23.1 Å². The van der Waals surface area contributed by atoms with Gasteiger partial charge >= 0.3 is 0 Å². The van der Waals surface area contributed by atoms with Crippen molar-refractivity contribution < 1.29 is 0 Å². The zero-order valence-electron chi connectivity index (χ0n) is 10.9. The molecule has 2 heterocycles. The molecule has 0 unspecified atom stereocenters. The van der Waals surface area contributed by atoms with Crippen molar-refractivity contribution in [2.45, 2.75) is 9.79 Å². The minimum Gasteiger partial charge on any atom is -0.137 e. The Morgan fingerprint density at radius 2 is 0.900 bits per heavy atom. The maximum Gasteiger partial charge on any atom is 0.0277 e. The van der Waals surface area contributed by atoms with Crippen molar-refractivity contribution >= 4 is 32.5 Å². The standard InChI is InChI=1S/C12H10S.C6H4S/c1-3-7-11(8-4-1)13-12-9-5-2-6-10-12;1-2-6-4-3-5(1)7-6/h1-10H;1-4H. The second kappa shape index (κ2) is 6.60. The molecule has 0 radical (unpaired) electrons. The van der Waals surface area contributed by atoms with Gasteiger partial charge in [0.25, 0.3) is 0 Å². The van der Waals surface area contributed by atoms with Gasteiger partial charge in [0.05, 0.1) is 0 Å². The highest BCUT2D eigenvalue weighted by molar-refractivity contribution is 7.99. The van der Waals surface area contributed by atoms with E-state index in [1.54, 1.807) is 11.8 Å². The molecule has 20 heavy (non-hydrogen) atoms. The average molecular weight is 294 g/mol. The van der Waals surface area contributed by atoms with Gasteiger partial charge in [-0.1, -0.05) is 48.2 Å². The minimum atomic E-state index is 1.29. The van der Waals surface area contributed by atoms with Crippen molar-refractivity contribution in [1.29, 1.82) is 0 Å². The van der Waals surface area contributed by atoms with E-state index in [1.807, 2.05) is 23.5 Å². The van der Waals surface area contributed by atoms with Crippen LogP contribution in [0.5, 0.6) is 0 Å². The maximum atomic E-state index is 2.14. The fourth-order valence-corrected chi connectivity index (χ4v) is 3.50. The lowest BCUT2D eigenvalue weighted by atomic mass is 10.4. The van der Waals surface area contributed by atoms with Crippen LogP contribution in [0.4, 0.5) is 0 Å². The van der Waals surface area contributed by atoms with E-state index in [0.29, 0.717) is 0 Å². The van der Waals surface area contributed by atoms with Crippen LogP contribution in [0.15, 0.2) is 94.7 Å². The van der Waals surface area contributed by atoms with Crippen LogP contribution in [0.3, 0.4) is 0 Å². The molecule has 2 bridgehead atoms. The number of rotatable bonds is 2. The van der Waals surface area contributed by atoms with Crippen LogP contribution in [-0.4, -0.2) is 0 Å². The van der Waals surface area contributed by atoms with Gasteiger partial charge in [-0.15, -0.1) is 11.3 Å². The third-order valence-electron chi connectivity index (χ3n) is 2.78. The summed E-state index contributed by atoms with van der Waals surface area (Å²) in [5.74, 6) is 0. The summed E-state index contributed by atoms with van der Waals surface area (Å²) >= 11 is 3.63. The lowest BCUT2D eigenvalue weighted by Gasteiger charge is -1.99. The maximum absolute atomic E-state index is 2.14. The first kappa shape index (κ1) is 13.2. The molecule has 2 heteroatoms. The first-order chi connectivity index (χ1) is 9.90. The third kappa shape index (κ3) is 3.62. The van der Waals surface area contributed by atoms with Gasteiger partial charge in [0.2, 0.25) is 0 Å². The van der Waals surface area contributed by atoms with E-state index in [4.69, 9.17) is 0 Å². The Kier molecular flexibility index (Phi) is 4.36. The molecule has 0 saturated carbocycles. The van der Waals surface area contributed by atoms with Crippen molar-refractivity contribution in [3.8, 4) is 0 Å². The molecule has 0 saturated heterocycles. The van der Waals surface area contributed by atoms with Crippen LogP contribution in [0.1, 0.15) is 0 Å². The topological polar surface area (TPSA) is 0 Å². The Morgan fingerprint density at radius 1 is 0.500 bits per heavy atom. The van der Waals surface area contributed by atoms with Crippen LogP contribution in [0, 0.1) is 0 Å². The van der Waals surface area contributed by atoms with Crippen LogP contribution < -0.4 is 0 Å². The predicted octanol–water partition coefficient (Wildman–Crippen LogP) is 6.18. The van der Waals surface area contributed by atoms with Gasteiger partial charge in [-0.05, 0) is 48.5 Å². The number of hydrogen-bond donors (Lipinski definition) is 0. The molecule has 0 aliphatic carbocycles. The summed E-state index contributed by atoms with van der Waals surface area (Å²) in [7, 11) is 0. The summed E-state index contributed by atoms with van der Waals surface area (Å²) in [6, 6.07) is 29.4. The molecule has 0 spiro atoms. The minimum absolute atomic E-state index is 1.29. The molecule has 4 rings (SSSR count). The Balaban J connectivity index is 0.000000144. The summed E-state index contributed by atoms with van der Waals surface area (Å²) in [4.78, 5) is 2.57. The summed E-state index contributed by atoms with van der Waals surface area (Å²) in [6.45, 7) is 0. The largest absolute Gasteiger partial charge is 0.137 e. The number of benzene rings is 3. The molecule has 2 aromatic heterocycles. The first-order valence-corrected chi connectivity index (χ1v) is 8.09. The van der Waals surface area contributed by atoms with Gasteiger partial charge in [0.1, 0.15) is 0 Å². The van der Waals surface area contributed by atoms with E-state index >= 15 is 0 Å². The number of fused-ring (bicyclic) bond motifs is 2. The fraction of sp³-hybridized carbons (Fsp3) is 0. The van der Waals surface area contributed by atoms with Crippen molar-refractivity contribution in [1.82, 2.24) is 0 Å². The van der Waals surface area contributed by atoms with Gasteiger partial charge in [0.15, 0.2) is 0 Å². The van der Waals surface area contributed by atoms with Crippen LogP contribution in [0.25, 0.3) is 9.40 Å². The molecule has 0 aliphatic heterocycles. The van der Waals surface area contributed by atoms with E-state index < -0.39 is 0 Å². The van der Waals surface area contributed by atoms with E-state index in [-0.39, 0.29) is 0 Å². The Morgan fingerprint density at radius 3 is 1.20 bits per heavy atom. The molecular formula is C18H14S2. The third-order valence-corrected chi connectivity index (χ3v) is 4.81. The summed E-state index contributed by atoms with van der Waals surface area (Å²) < 4.78 is 2.77. The molecule has 0 N–H and O–H groups in total. The van der Waals surface area contributed by atoms with Gasteiger partial charge in [-0.25, -0.2) is 0 Å². The zero-order valence-corrected chi connectivity index (χ0v) is 12.5. The average Bonchev–Trinajstić information content (AvgIpc) is 3.15. The highest BCUT2D eigenvalue weighted by Crippen LogP contribution is 2.26. The highest BCUT2D eigenvalue weighted by Gasteiger charge is 1.93. The smallest absolute Gasteiger partial charge is 0.0277 e. The summed E-state index contributed by atoms with van der Waals surface area (Å²) in [5.41, 5.74) is 0. The van der Waals surface area contributed by atoms with Gasteiger partial charge < -0.3 is 0 Å². The van der Waals surface area contributed by atoms with Crippen molar-refractivity contribution in [3.63, 3.8) is 0 Å². The van der Waals surface area contributed by atoms with E-state index in [2.05, 4.69) is 72.8 Å². The van der Waals surface area contributed by atoms with Crippen molar-refractivity contribution in [2.24, 2.45) is 0 Å². The molecular weight excluding hydrogens is 280 g/mol. The molecule has 0 aliphatic rings. The van der Waals surface area contributed by atoms with Crippen LogP contribution in [-0.2, 0) is 0 Å². The van der Waals surface area contributed by atoms with Crippen molar-refractivity contribution in [3.05, 3.63) is 84.9 Å². The molecule has 0 atom stereocenters. The van der Waals surface area contributed by atoms with E-state index in [1.165, 1.54) is 19.2 Å². The van der Waals surface area contributed by atoms with Crippen LogP contribution in [0.2, 0.25) is 0 Å². The normalized spacial score (nSPS) is 10.2. The SMILES string of the molecule is c1cc2ccc1s2.c1ccc(Sc2ccccc2)cc1. The predicted molar refractivity (Wildman–Crippen MR) is 90.0 cm³/mol. The Labute approximate surface area is 127 Å². The second-order valence-electron chi connectivity index (χ2n) is 4.30. The molecule has 0 nitrogen and oxygen atoms in total.